The summed E-state index contributed by atoms with van der Waals surface area (Å²) in [6, 6.07) is 4.94. The van der Waals surface area contributed by atoms with Gasteiger partial charge in [0.15, 0.2) is 5.78 Å². The quantitative estimate of drug-likeness (QED) is 0.496. The van der Waals surface area contributed by atoms with Crippen LogP contribution in [0.3, 0.4) is 0 Å². The first-order valence-electron chi connectivity index (χ1n) is 6.89. The third-order valence-corrected chi connectivity index (χ3v) is 3.58. The minimum absolute atomic E-state index is 0.0805. The zero-order valence-electron chi connectivity index (χ0n) is 12.6. The number of hydrogen-bond acceptors (Lipinski definition) is 6. The van der Waals surface area contributed by atoms with E-state index in [9.17, 15) is 19.7 Å². The largest absolute Gasteiger partial charge is 0.364 e. The predicted molar refractivity (Wildman–Crippen MR) is 80.0 cm³/mol. The molecule has 8 heteroatoms. The van der Waals surface area contributed by atoms with E-state index < -0.39 is 16.9 Å². The van der Waals surface area contributed by atoms with E-state index in [1.54, 1.807) is 13.8 Å². The molecule has 1 aromatic carbocycles. The molecule has 1 amide bonds. The van der Waals surface area contributed by atoms with Gasteiger partial charge in [-0.1, -0.05) is 12.1 Å². The SMILES string of the molecule is CC(NC(=O)c1cnoc1)C(C)C(=O)c1ccc([N+](=O)[O-])cc1. The number of non-ortho nitro benzene ring substituents is 1. The smallest absolute Gasteiger partial charge is 0.269 e. The molecule has 120 valence electrons. The van der Waals surface area contributed by atoms with Crippen LogP contribution in [0.1, 0.15) is 34.6 Å². The Morgan fingerprint density at radius 3 is 2.39 bits per heavy atom. The van der Waals surface area contributed by atoms with E-state index in [1.165, 1.54) is 36.7 Å². The van der Waals surface area contributed by atoms with Gasteiger partial charge in [-0.05, 0) is 19.1 Å². The zero-order valence-corrected chi connectivity index (χ0v) is 12.6. The summed E-state index contributed by atoms with van der Waals surface area (Å²) in [6.45, 7) is 3.39. The molecule has 2 unspecified atom stereocenters. The summed E-state index contributed by atoms with van der Waals surface area (Å²) in [5.74, 6) is -1.10. The number of nitro benzene ring substituents is 1. The maximum absolute atomic E-state index is 12.4. The van der Waals surface area contributed by atoms with Crippen LogP contribution in [-0.2, 0) is 0 Å². The molecule has 2 aromatic rings. The van der Waals surface area contributed by atoms with Crippen molar-refractivity contribution in [1.82, 2.24) is 10.5 Å². The van der Waals surface area contributed by atoms with Crippen molar-refractivity contribution in [2.45, 2.75) is 19.9 Å². The average molecular weight is 317 g/mol. The van der Waals surface area contributed by atoms with Crippen molar-refractivity contribution in [3.63, 3.8) is 0 Å². The second-order valence-electron chi connectivity index (χ2n) is 5.13. The topological polar surface area (TPSA) is 115 Å². The van der Waals surface area contributed by atoms with Gasteiger partial charge in [0.2, 0.25) is 0 Å². The van der Waals surface area contributed by atoms with Gasteiger partial charge in [0.05, 0.1) is 16.7 Å². The van der Waals surface area contributed by atoms with Crippen LogP contribution in [0.15, 0.2) is 41.2 Å². The van der Waals surface area contributed by atoms with E-state index in [0.29, 0.717) is 5.56 Å². The molecule has 0 radical (unpaired) electrons. The van der Waals surface area contributed by atoms with Gasteiger partial charge in [0.25, 0.3) is 11.6 Å². The van der Waals surface area contributed by atoms with E-state index >= 15 is 0 Å². The first-order valence-corrected chi connectivity index (χ1v) is 6.89. The standard InChI is InChI=1S/C15H15N3O5/c1-9(10(2)17-15(20)12-7-16-23-8-12)14(19)11-3-5-13(6-4-11)18(21)22/h3-10H,1-2H3,(H,17,20). The summed E-state index contributed by atoms with van der Waals surface area (Å²) in [7, 11) is 0. The molecule has 1 N–H and O–H groups in total. The molecule has 8 nitrogen and oxygen atoms in total. The summed E-state index contributed by atoms with van der Waals surface area (Å²) in [6.07, 6.45) is 2.50. The number of Topliss-reactive ketones (excluding diaryl/α,β-unsaturated/α-hetero) is 1. The Balaban J connectivity index is 2.03. The number of nitro groups is 1. The van der Waals surface area contributed by atoms with Gasteiger partial charge < -0.3 is 9.84 Å². The first-order chi connectivity index (χ1) is 10.9. The van der Waals surface area contributed by atoms with Crippen LogP contribution in [-0.4, -0.2) is 27.8 Å². The lowest BCUT2D eigenvalue weighted by Crippen LogP contribution is -2.40. The summed E-state index contributed by atoms with van der Waals surface area (Å²) < 4.78 is 4.59. The molecule has 0 aliphatic carbocycles. The van der Waals surface area contributed by atoms with Gasteiger partial charge in [-0.3, -0.25) is 19.7 Å². The van der Waals surface area contributed by atoms with Crippen LogP contribution in [0.2, 0.25) is 0 Å². The maximum atomic E-state index is 12.4. The van der Waals surface area contributed by atoms with Crippen LogP contribution in [0, 0.1) is 16.0 Å². The summed E-state index contributed by atoms with van der Waals surface area (Å²) in [5.41, 5.74) is 0.545. The third kappa shape index (κ3) is 3.79. The number of ketones is 1. The number of nitrogens with zero attached hydrogens (tertiary/aromatic N) is 2. The fraction of sp³-hybridized carbons (Fsp3) is 0.267. The minimum Gasteiger partial charge on any atom is -0.364 e. The summed E-state index contributed by atoms with van der Waals surface area (Å²) >= 11 is 0. The molecule has 23 heavy (non-hydrogen) atoms. The Morgan fingerprint density at radius 1 is 1.22 bits per heavy atom. The molecule has 2 rings (SSSR count). The van der Waals surface area contributed by atoms with Gasteiger partial charge in [0.1, 0.15) is 6.26 Å². The van der Waals surface area contributed by atoms with Crippen molar-refractivity contribution in [2.75, 3.05) is 0 Å². The number of benzene rings is 1. The Bertz CT molecular complexity index is 709. The Hall–Kier alpha value is -3.03. The summed E-state index contributed by atoms with van der Waals surface area (Å²) in [5, 5.41) is 16.8. The van der Waals surface area contributed by atoms with Crippen molar-refractivity contribution < 1.29 is 19.0 Å². The highest BCUT2D eigenvalue weighted by atomic mass is 16.6. The van der Waals surface area contributed by atoms with E-state index in [4.69, 9.17) is 0 Å². The second kappa shape index (κ2) is 6.82. The molecule has 0 spiro atoms. The van der Waals surface area contributed by atoms with Gasteiger partial charge in [0, 0.05) is 29.7 Å². The molecule has 0 bridgehead atoms. The fourth-order valence-electron chi connectivity index (χ4n) is 1.97. The minimum atomic E-state index is -0.528. The first kappa shape index (κ1) is 16.3. The number of carbonyl (C=O) groups is 2. The molecule has 0 aliphatic heterocycles. The van der Waals surface area contributed by atoms with E-state index in [0.717, 1.165) is 0 Å². The molecule has 0 saturated heterocycles. The van der Waals surface area contributed by atoms with Crippen molar-refractivity contribution in [3.05, 3.63) is 58.0 Å². The molecule has 0 aliphatic rings. The third-order valence-electron chi connectivity index (χ3n) is 3.58. The number of amides is 1. The van der Waals surface area contributed by atoms with Gasteiger partial charge in [-0.25, -0.2) is 0 Å². The number of nitrogens with one attached hydrogen (secondary N) is 1. The Morgan fingerprint density at radius 2 is 1.87 bits per heavy atom. The lowest BCUT2D eigenvalue weighted by atomic mass is 9.93. The highest BCUT2D eigenvalue weighted by Gasteiger charge is 2.24. The predicted octanol–water partition coefficient (Wildman–Crippen LogP) is 2.22. The van der Waals surface area contributed by atoms with E-state index in [1.807, 2.05) is 0 Å². The van der Waals surface area contributed by atoms with Crippen molar-refractivity contribution in [1.29, 1.82) is 0 Å². The fourth-order valence-corrected chi connectivity index (χ4v) is 1.97. The lowest BCUT2D eigenvalue weighted by molar-refractivity contribution is -0.384. The molecule has 2 atom stereocenters. The summed E-state index contributed by atoms with van der Waals surface area (Å²) in [4.78, 5) is 34.4. The Labute approximate surface area is 131 Å². The van der Waals surface area contributed by atoms with Crippen LogP contribution >= 0.6 is 0 Å². The molecular weight excluding hydrogens is 302 g/mol. The lowest BCUT2D eigenvalue weighted by Gasteiger charge is -2.20. The van der Waals surface area contributed by atoms with Crippen molar-refractivity contribution in [2.24, 2.45) is 5.92 Å². The van der Waals surface area contributed by atoms with Crippen molar-refractivity contribution in [3.8, 4) is 0 Å². The highest BCUT2D eigenvalue weighted by Crippen LogP contribution is 2.17. The molecule has 0 saturated carbocycles. The highest BCUT2D eigenvalue weighted by molar-refractivity contribution is 5.99. The molecule has 1 heterocycles. The van der Waals surface area contributed by atoms with Gasteiger partial charge in [-0.15, -0.1) is 0 Å². The van der Waals surface area contributed by atoms with E-state index in [2.05, 4.69) is 15.0 Å². The van der Waals surface area contributed by atoms with Crippen LogP contribution in [0.4, 0.5) is 5.69 Å². The second-order valence-corrected chi connectivity index (χ2v) is 5.13. The normalized spacial score (nSPS) is 13.1. The van der Waals surface area contributed by atoms with Crippen LogP contribution in [0.5, 0.6) is 0 Å². The molecule has 1 aromatic heterocycles. The number of rotatable bonds is 6. The van der Waals surface area contributed by atoms with Gasteiger partial charge >= 0.3 is 0 Å². The number of hydrogen-bond donors (Lipinski definition) is 1. The van der Waals surface area contributed by atoms with Crippen LogP contribution < -0.4 is 5.32 Å². The average Bonchev–Trinajstić information content (AvgIpc) is 3.08. The van der Waals surface area contributed by atoms with Gasteiger partial charge in [-0.2, -0.15) is 0 Å². The number of aromatic nitrogens is 1. The molecular formula is C15H15N3O5. The van der Waals surface area contributed by atoms with Crippen LogP contribution in [0.25, 0.3) is 0 Å². The zero-order chi connectivity index (χ0) is 17.0. The Kier molecular flexibility index (Phi) is 4.85. The molecule has 0 fully saturated rings. The van der Waals surface area contributed by atoms with Crippen molar-refractivity contribution >= 4 is 17.4 Å². The number of carbonyl (C=O) groups excluding carboxylic acids is 2. The monoisotopic (exact) mass is 317 g/mol. The van der Waals surface area contributed by atoms with E-state index in [-0.39, 0.29) is 22.9 Å². The maximum Gasteiger partial charge on any atom is 0.269 e.